The van der Waals surface area contributed by atoms with Gasteiger partial charge in [-0.25, -0.2) is 0 Å². The zero-order valence-corrected chi connectivity index (χ0v) is 10.0. The van der Waals surface area contributed by atoms with Crippen LogP contribution in [0.15, 0.2) is 35.8 Å². The molecule has 0 rings (SSSR count). The van der Waals surface area contributed by atoms with E-state index >= 15 is 0 Å². The summed E-state index contributed by atoms with van der Waals surface area (Å²) in [5.41, 5.74) is 6.33. The van der Waals surface area contributed by atoms with Crippen molar-refractivity contribution in [3.63, 3.8) is 0 Å². The maximum atomic E-state index is 10.4. The van der Waals surface area contributed by atoms with Gasteiger partial charge in [-0.05, 0) is 6.92 Å². The second kappa shape index (κ2) is 10.6. The molecule has 0 saturated carbocycles. The summed E-state index contributed by atoms with van der Waals surface area (Å²) in [6.45, 7) is 9.53. The van der Waals surface area contributed by atoms with E-state index in [0.29, 0.717) is 23.3 Å². The largest absolute Gasteiger partial charge is 0.497 e. The number of hydrogen-bond acceptors (Lipinski definition) is 3. The Balaban J connectivity index is 0. The van der Waals surface area contributed by atoms with Gasteiger partial charge in [0, 0.05) is 17.3 Å². The molecule has 0 aliphatic heterocycles. The summed E-state index contributed by atoms with van der Waals surface area (Å²) in [5.74, 6) is 0.425. The maximum absolute atomic E-state index is 10.4. The van der Waals surface area contributed by atoms with Crippen molar-refractivity contribution in [1.82, 2.24) is 0 Å². The minimum Gasteiger partial charge on any atom is -0.497 e. The molecule has 0 heterocycles. The predicted molar refractivity (Wildman–Crippen MR) is 64.2 cm³/mol. The van der Waals surface area contributed by atoms with E-state index in [2.05, 4.69) is 20.4 Å². The lowest BCUT2D eigenvalue weighted by atomic mass is 10.2. The van der Waals surface area contributed by atoms with Crippen molar-refractivity contribution in [2.75, 3.05) is 7.11 Å². The van der Waals surface area contributed by atoms with Crippen LogP contribution in [-0.4, -0.2) is 13.4 Å². The lowest BCUT2D eigenvalue weighted by Gasteiger charge is -2.01. The van der Waals surface area contributed by atoms with Crippen LogP contribution in [-0.2, 0) is 9.53 Å². The van der Waals surface area contributed by atoms with E-state index in [1.54, 1.807) is 13.0 Å². The Morgan fingerprint density at radius 2 is 1.93 bits per heavy atom. The van der Waals surface area contributed by atoms with Gasteiger partial charge in [0.15, 0.2) is 6.29 Å². The Morgan fingerprint density at radius 1 is 1.47 bits per heavy atom. The van der Waals surface area contributed by atoms with Crippen LogP contribution < -0.4 is 5.73 Å². The summed E-state index contributed by atoms with van der Waals surface area (Å²) in [6.07, 6.45) is 5.07. The van der Waals surface area contributed by atoms with Gasteiger partial charge >= 0.3 is 0 Å². The third-order valence-corrected chi connectivity index (χ3v) is 1.35. The molecule has 0 aliphatic carbocycles. The molecular formula is C12H21NO2. The number of allylic oxidation sites excluding steroid dienone is 3. The van der Waals surface area contributed by atoms with E-state index in [4.69, 9.17) is 10.5 Å². The number of aldehydes is 1. The zero-order chi connectivity index (χ0) is 12.3. The topological polar surface area (TPSA) is 52.3 Å². The minimum atomic E-state index is 0.361. The molecule has 0 fully saturated rings. The highest BCUT2D eigenvalue weighted by Gasteiger charge is 1.97. The van der Waals surface area contributed by atoms with Gasteiger partial charge in [-0.1, -0.05) is 32.9 Å². The van der Waals surface area contributed by atoms with E-state index in [9.17, 15) is 4.79 Å². The van der Waals surface area contributed by atoms with Crippen LogP contribution in [0.5, 0.6) is 0 Å². The van der Waals surface area contributed by atoms with E-state index in [1.807, 2.05) is 0 Å². The number of carbonyl (C=O) groups excluding carboxylic acids is 1. The van der Waals surface area contributed by atoms with Crippen molar-refractivity contribution in [1.29, 1.82) is 0 Å². The first-order chi connectivity index (χ1) is 7.06. The summed E-state index contributed by atoms with van der Waals surface area (Å²) >= 11 is 0. The molecule has 3 heteroatoms. The van der Waals surface area contributed by atoms with Crippen LogP contribution in [0.3, 0.4) is 0 Å². The first kappa shape index (κ1) is 15.9. The van der Waals surface area contributed by atoms with Gasteiger partial charge in [-0.15, -0.1) is 0 Å². The molecule has 2 N–H and O–H groups in total. The molecule has 0 aliphatic rings. The highest BCUT2D eigenvalue weighted by molar-refractivity contribution is 5.79. The fourth-order valence-electron chi connectivity index (χ4n) is 0.618. The zero-order valence-electron chi connectivity index (χ0n) is 10.0. The Labute approximate surface area is 92.3 Å². The van der Waals surface area contributed by atoms with Gasteiger partial charge in [0.1, 0.15) is 5.76 Å². The smallest absolute Gasteiger partial charge is 0.151 e. The molecule has 0 spiro atoms. The maximum Gasteiger partial charge on any atom is 0.151 e. The SMILES string of the molecule is C=C(/C=C(N)\C(C=O)=C/C)OC.CCC. The number of ether oxygens (including phenoxy) is 1. The first-order valence-electron chi connectivity index (χ1n) is 4.89. The lowest BCUT2D eigenvalue weighted by Crippen LogP contribution is -2.02. The van der Waals surface area contributed by atoms with Crippen LogP contribution in [0.2, 0.25) is 0 Å². The molecule has 0 unspecified atom stereocenters. The molecule has 86 valence electrons. The highest BCUT2D eigenvalue weighted by atomic mass is 16.5. The van der Waals surface area contributed by atoms with Gasteiger partial charge in [0.25, 0.3) is 0 Å². The molecule has 0 amide bonds. The average molecular weight is 211 g/mol. The van der Waals surface area contributed by atoms with Crippen molar-refractivity contribution in [2.24, 2.45) is 5.73 Å². The third-order valence-electron chi connectivity index (χ3n) is 1.35. The molecule has 0 atom stereocenters. The van der Waals surface area contributed by atoms with E-state index in [1.165, 1.54) is 19.6 Å². The van der Waals surface area contributed by atoms with Gasteiger partial charge in [0.05, 0.1) is 7.11 Å². The van der Waals surface area contributed by atoms with Crippen LogP contribution >= 0.6 is 0 Å². The molecule has 3 nitrogen and oxygen atoms in total. The monoisotopic (exact) mass is 211 g/mol. The average Bonchev–Trinajstić information content (AvgIpc) is 2.20. The summed E-state index contributed by atoms with van der Waals surface area (Å²) in [7, 11) is 1.49. The Hall–Kier alpha value is -1.51. The molecule has 0 radical (unpaired) electrons. The summed E-state index contributed by atoms with van der Waals surface area (Å²) in [4.78, 5) is 10.4. The van der Waals surface area contributed by atoms with Crippen molar-refractivity contribution < 1.29 is 9.53 Å². The molecule has 0 aromatic heterocycles. The van der Waals surface area contributed by atoms with E-state index in [0.717, 1.165) is 0 Å². The Morgan fingerprint density at radius 3 is 2.20 bits per heavy atom. The molecular weight excluding hydrogens is 190 g/mol. The number of hydrogen-bond donors (Lipinski definition) is 1. The number of carbonyl (C=O) groups is 1. The second-order valence-electron chi connectivity index (χ2n) is 2.84. The van der Waals surface area contributed by atoms with Crippen molar-refractivity contribution >= 4 is 6.29 Å². The normalized spacial score (nSPS) is 11.2. The summed E-state index contributed by atoms with van der Waals surface area (Å²) in [6, 6.07) is 0. The van der Waals surface area contributed by atoms with Gasteiger partial charge in [-0.3, -0.25) is 4.79 Å². The fraction of sp³-hybridized carbons (Fsp3) is 0.417. The molecule has 15 heavy (non-hydrogen) atoms. The minimum absolute atomic E-state index is 0.361. The molecule has 0 saturated heterocycles. The van der Waals surface area contributed by atoms with Crippen LogP contribution in [0.25, 0.3) is 0 Å². The third kappa shape index (κ3) is 8.81. The second-order valence-corrected chi connectivity index (χ2v) is 2.84. The van der Waals surface area contributed by atoms with Crippen LogP contribution in [0, 0.1) is 0 Å². The van der Waals surface area contributed by atoms with Crippen molar-refractivity contribution in [3.05, 3.63) is 35.8 Å². The quantitative estimate of drug-likeness (QED) is 0.336. The van der Waals surface area contributed by atoms with E-state index in [-0.39, 0.29) is 0 Å². The van der Waals surface area contributed by atoms with Crippen LogP contribution in [0.4, 0.5) is 0 Å². The number of nitrogens with two attached hydrogens (primary N) is 1. The number of methoxy groups -OCH3 is 1. The van der Waals surface area contributed by atoms with E-state index < -0.39 is 0 Å². The van der Waals surface area contributed by atoms with Crippen molar-refractivity contribution in [3.8, 4) is 0 Å². The standard InChI is InChI=1S/C9H13NO2.C3H8/c1-4-8(6-11)9(10)5-7(2)12-3;1-3-2/h4-6H,2,10H2,1,3H3;3H2,1-2H3/b8-4-,9-5+;. The summed E-state index contributed by atoms with van der Waals surface area (Å²) < 4.78 is 4.77. The first-order valence-corrected chi connectivity index (χ1v) is 4.89. The van der Waals surface area contributed by atoms with Gasteiger partial charge in [0.2, 0.25) is 0 Å². The van der Waals surface area contributed by atoms with Crippen molar-refractivity contribution in [2.45, 2.75) is 27.2 Å². The lowest BCUT2D eigenvalue weighted by molar-refractivity contribution is -0.104. The number of rotatable bonds is 4. The Bertz CT molecular complexity index is 252. The molecule has 0 bridgehead atoms. The molecule has 0 aromatic carbocycles. The summed E-state index contributed by atoms with van der Waals surface area (Å²) in [5, 5.41) is 0. The van der Waals surface area contributed by atoms with Crippen LogP contribution in [0.1, 0.15) is 27.2 Å². The Kier molecular flexibility index (Phi) is 11.2. The van der Waals surface area contributed by atoms with Gasteiger partial charge < -0.3 is 10.5 Å². The fourth-order valence-corrected chi connectivity index (χ4v) is 0.618. The van der Waals surface area contributed by atoms with Gasteiger partial charge in [-0.2, -0.15) is 0 Å². The highest BCUT2D eigenvalue weighted by Crippen LogP contribution is 2.04. The molecule has 0 aromatic rings. The predicted octanol–water partition coefficient (Wildman–Crippen LogP) is 2.55.